The average molecular weight is 387 g/mol. The zero-order valence-electron chi connectivity index (χ0n) is 16.8. The number of esters is 1. The summed E-state index contributed by atoms with van der Waals surface area (Å²) in [7, 11) is -1.39. The monoisotopic (exact) mass is 386 g/mol. The highest BCUT2D eigenvalue weighted by molar-refractivity contribution is 6.99. The molecule has 0 bridgehead atoms. The van der Waals surface area contributed by atoms with Gasteiger partial charge in [0.2, 0.25) is 0 Å². The number of aliphatic hydroxyl groups is 1. The molecule has 0 aliphatic carbocycles. The fourth-order valence-corrected chi connectivity index (χ4v) is 8.13. The lowest BCUT2D eigenvalue weighted by atomic mass is 10.1. The van der Waals surface area contributed by atoms with E-state index in [0.29, 0.717) is 0 Å². The number of aliphatic hydroxyl groups excluding tert-OH is 1. The Morgan fingerprint density at radius 2 is 1.44 bits per heavy atom. The molecule has 0 radical (unpaired) electrons. The summed E-state index contributed by atoms with van der Waals surface area (Å²) in [6.45, 7) is 8.66. The number of rotatable bonds is 7. The van der Waals surface area contributed by atoms with E-state index in [1.165, 1.54) is 17.5 Å². The zero-order valence-corrected chi connectivity index (χ0v) is 17.8. The molecule has 2 aromatic rings. The maximum Gasteiger partial charge on any atom is 0.335 e. The standard InChI is InChI=1S/C22H30O4Si/c1-17(20(23)21(24)25-5)16-26-27(22(2,3)4,18-12-8-6-9-13-18)19-14-10-7-11-15-19/h6-15,17,20,23H,16H2,1-5H3/t17-,20+/m1/s1. The van der Waals surface area contributed by atoms with Crippen LogP contribution in [0.2, 0.25) is 5.04 Å². The van der Waals surface area contributed by atoms with Crippen LogP contribution in [0.5, 0.6) is 0 Å². The molecule has 0 fully saturated rings. The largest absolute Gasteiger partial charge is 0.467 e. The minimum absolute atomic E-state index is 0.147. The molecule has 2 atom stereocenters. The number of hydrogen-bond acceptors (Lipinski definition) is 4. The lowest BCUT2D eigenvalue weighted by Crippen LogP contribution is -2.67. The van der Waals surface area contributed by atoms with Crippen LogP contribution in [0, 0.1) is 5.92 Å². The third-order valence-corrected chi connectivity index (χ3v) is 9.97. The number of carbonyl (C=O) groups excluding carboxylic acids is 1. The summed E-state index contributed by atoms with van der Waals surface area (Å²) in [5, 5.41) is 12.4. The SMILES string of the molecule is COC(=O)[C@@H](O)[C@H](C)CO[Si](c1ccccc1)(c1ccccc1)C(C)(C)C. The summed E-state index contributed by atoms with van der Waals surface area (Å²) < 4.78 is 11.4. The van der Waals surface area contributed by atoms with E-state index >= 15 is 0 Å². The Labute approximate surface area is 163 Å². The molecule has 5 heteroatoms. The molecular weight excluding hydrogens is 356 g/mol. The van der Waals surface area contributed by atoms with E-state index in [9.17, 15) is 9.90 Å². The zero-order chi connectivity index (χ0) is 20.1. The molecule has 0 amide bonds. The Kier molecular flexibility index (Phi) is 6.98. The van der Waals surface area contributed by atoms with Crippen LogP contribution >= 0.6 is 0 Å². The van der Waals surface area contributed by atoms with Crippen molar-refractivity contribution in [2.45, 2.75) is 38.8 Å². The van der Waals surface area contributed by atoms with E-state index in [1.807, 2.05) is 36.4 Å². The second-order valence-electron chi connectivity index (χ2n) is 7.92. The first-order valence-electron chi connectivity index (χ1n) is 9.25. The quantitative estimate of drug-likeness (QED) is 0.587. The van der Waals surface area contributed by atoms with Gasteiger partial charge in [-0.25, -0.2) is 4.79 Å². The Morgan fingerprint density at radius 3 is 1.81 bits per heavy atom. The lowest BCUT2D eigenvalue weighted by molar-refractivity contribution is -0.153. The number of benzene rings is 2. The van der Waals surface area contributed by atoms with E-state index < -0.39 is 20.4 Å². The Bertz CT molecular complexity index is 685. The molecular formula is C22H30O4Si. The van der Waals surface area contributed by atoms with Gasteiger partial charge in [-0.05, 0) is 15.4 Å². The van der Waals surface area contributed by atoms with E-state index in [0.717, 1.165) is 0 Å². The normalized spacial score (nSPS) is 14.4. The van der Waals surface area contributed by atoms with Gasteiger partial charge < -0.3 is 14.3 Å². The molecule has 0 aliphatic heterocycles. The predicted molar refractivity (Wildman–Crippen MR) is 111 cm³/mol. The smallest absolute Gasteiger partial charge is 0.335 e. The molecule has 0 aromatic heterocycles. The third kappa shape index (κ3) is 4.49. The van der Waals surface area contributed by atoms with Crippen molar-refractivity contribution < 1.29 is 19.1 Å². The fourth-order valence-electron chi connectivity index (χ4n) is 3.46. The molecule has 0 unspecified atom stereocenters. The fraction of sp³-hybridized carbons (Fsp3) is 0.409. The Hall–Kier alpha value is -1.95. The Balaban J connectivity index is 2.48. The maximum absolute atomic E-state index is 11.7. The predicted octanol–water partition coefficient (Wildman–Crippen LogP) is 2.73. The lowest BCUT2D eigenvalue weighted by Gasteiger charge is -2.43. The van der Waals surface area contributed by atoms with Gasteiger partial charge >= 0.3 is 5.97 Å². The van der Waals surface area contributed by atoms with Gasteiger partial charge in [-0.1, -0.05) is 88.4 Å². The van der Waals surface area contributed by atoms with Crippen LogP contribution in [0.25, 0.3) is 0 Å². The van der Waals surface area contributed by atoms with Crippen molar-refractivity contribution in [1.82, 2.24) is 0 Å². The summed E-state index contributed by atoms with van der Waals surface area (Å²) in [5.74, 6) is -1.01. The highest BCUT2D eigenvalue weighted by atomic mass is 28.4. The minimum Gasteiger partial charge on any atom is -0.467 e. The van der Waals surface area contributed by atoms with Gasteiger partial charge in [0.25, 0.3) is 8.32 Å². The molecule has 2 rings (SSSR count). The van der Waals surface area contributed by atoms with Crippen LogP contribution in [0.1, 0.15) is 27.7 Å². The van der Waals surface area contributed by atoms with Crippen LogP contribution in [-0.2, 0) is 14.0 Å². The van der Waals surface area contributed by atoms with E-state index in [-0.39, 0.29) is 17.6 Å². The van der Waals surface area contributed by atoms with Crippen LogP contribution in [0.15, 0.2) is 60.7 Å². The second kappa shape index (κ2) is 8.82. The summed E-state index contributed by atoms with van der Waals surface area (Å²) in [6.07, 6.45) is -1.20. The van der Waals surface area contributed by atoms with Gasteiger partial charge in [0.05, 0.1) is 7.11 Å². The topological polar surface area (TPSA) is 55.8 Å². The molecule has 1 N–H and O–H groups in total. The first-order valence-corrected chi connectivity index (χ1v) is 11.2. The first kappa shape index (κ1) is 21.3. The van der Waals surface area contributed by atoms with Crippen molar-refractivity contribution in [3.05, 3.63) is 60.7 Å². The molecule has 2 aromatic carbocycles. The Morgan fingerprint density at radius 1 is 1.00 bits per heavy atom. The summed E-state index contributed by atoms with van der Waals surface area (Å²) >= 11 is 0. The van der Waals surface area contributed by atoms with Crippen molar-refractivity contribution in [3.8, 4) is 0 Å². The highest BCUT2D eigenvalue weighted by Crippen LogP contribution is 2.37. The van der Waals surface area contributed by atoms with E-state index in [4.69, 9.17) is 4.43 Å². The van der Waals surface area contributed by atoms with Crippen molar-refractivity contribution >= 4 is 24.7 Å². The highest BCUT2D eigenvalue weighted by Gasteiger charge is 2.50. The number of hydrogen-bond donors (Lipinski definition) is 1. The molecule has 0 saturated carbocycles. The second-order valence-corrected chi connectivity index (χ2v) is 12.2. The molecule has 0 heterocycles. The summed E-state index contributed by atoms with van der Waals surface area (Å²) in [4.78, 5) is 11.7. The van der Waals surface area contributed by atoms with Gasteiger partial charge in [-0.15, -0.1) is 0 Å². The molecule has 0 aliphatic rings. The van der Waals surface area contributed by atoms with Crippen LogP contribution < -0.4 is 10.4 Å². The van der Waals surface area contributed by atoms with Gasteiger partial charge in [-0.3, -0.25) is 0 Å². The number of methoxy groups -OCH3 is 1. The molecule has 0 saturated heterocycles. The van der Waals surface area contributed by atoms with Gasteiger partial charge in [0.15, 0.2) is 6.10 Å². The van der Waals surface area contributed by atoms with Crippen molar-refractivity contribution in [2.75, 3.05) is 13.7 Å². The number of carbonyl (C=O) groups is 1. The van der Waals surface area contributed by atoms with Gasteiger partial charge in [-0.2, -0.15) is 0 Å². The van der Waals surface area contributed by atoms with Gasteiger partial charge in [0, 0.05) is 12.5 Å². The van der Waals surface area contributed by atoms with Crippen LogP contribution in [0.4, 0.5) is 0 Å². The van der Waals surface area contributed by atoms with Crippen molar-refractivity contribution in [2.24, 2.45) is 5.92 Å². The van der Waals surface area contributed by atoms with Crippen molar-refractivity contribution in [1.29, 1.82) is 0 Å². The van der Waals surface area contributed by atoms with Crippen molar-refractivity contribution in [3.63, 3.8) is 0 Å². The number of ether oxygens (including phenoxy) is 1. The van der Waals surface area contributed by atoms with E-state index in [2.05, 4.69) is 49.8 Å². The maximum atomic E-state index is 11.7. The summed E-state index contributed by atoms with van der Waals surface area (Å²) in [5.41, 5.74) is 0. The van der Waals surface area contributed by atoms with Crippen LogP contribution in [-0.4, -0.2) is 39.2 Å². The first-order chi connectivity index (χ1) is 12.7. The van der Waals surface area contributed by atoms with Crippen LogP contribution in [0.3, 0.4) is 0 Å². The average Bonchev–Trinajstić information content (AvgIpc) is 2.67. The molecule has 4 nitrogen and oxygen atoms in total. The van der Waals surface area contributed by atoms with E-state index in [1.54, 1.807) is 6.92 Å². The summed E-state index contributed by atoms with van der Waals surface area (Å²) in [6, 6.07) is 20.6. The molecule has 0 spiro atoms. The third-order valence-electron chi connectivity index (χ3n) is 4.96. The van der Waals surface area contributed by atoms with Gasteiger partial charge in [0.1, 0.15) is 0 Å². The molecule has 27 heavy (non-hydrogen) atoms. The molecule has 146 valence electrons. The minimum atomic E-state index is -2.67.